The number of nitrogens with one attached hydrogen (secondary N) is 1. The Balaban J connectivity index is 1.95. The topological polar surface area (TPSA) is 85.2 Å². The average molecular weight is 477 g/mol. The zero-order valence-electron chi connectivity index (χ0n) is 18.7. The third-order valence-electron chi connectivity index (χ3n) is 4.74. The number of ether oxygens (including phenoxy) is 2. The number of amides is 1. The van der Waals surface area contributed by atoms with Gasteiger partial charge in [-0.1, -0.05) is 30.0 Å². The van der Waals surface area contributed by atoms with Crippen LogP contribution in [0.1, 0.15) is 31.4 Å². The van der Waals surface area contributed by atoms with E-state index in [1.54, 1.807) is 25.4 Å². The smallest absolute Gasteiger partial charge is 0.267 e. The maximum Gasteiger partial charge on any atom is 0.267 e. The number of thiocarbonyl (C=S) groups is 1. The van der Waals surface area contributed by atoms with Gasteiger partial charge in [0.25, 0.3) is 11.5 Å². The number of thioether (sulfide) groups is 1. The molecule has 1 aliphatic heterocycles. The summed E-state index contributed by atoms with van der Waals surface area (Å²) in [5.74, 6) is 0.202. The lowest BCUT2D eigenvalue weighted by atomic mass is 10.2. The van der Waals surface area contributed by atoms with Crippen LogP contribution in [0.25, 0.3) is 11.7 Å². The van der Waals surface area contributed by atoms with Crippen molar-refractivity contribution < 1.29 is 14.3 Å². The van der Waals surface area contributed by atoms with Crippen molar-refractivity contribution in [3.63, 3.8) is 0 Å². The van der Waals surface area contributed by atoms with E-state index in [9.17, 15) is 9.59 Å². The molecule has 172 valence electrons. The van der Waals surface area contributed by atoms with Crippen molar-refractivity contribution in [1.29, 1.82) is 0 Å². The summed E-state index contributed by atoms with van der Waals surface area (Å²) in [5, 5.41) is 3.24. The van der Waals surface area contributed by atoms with Crippen LogP contribution in [-0.4, -0.2) is 64.0 Å². The van der Waals surface area contributed by atoms with E-state index in [0.29, 0.717) is 52.6 Å². The van der Waals surface area contributed by atoms with Gasteiger partial charge < -0.3 is 14.8 Å². The van der Waals surface area contributed by atoms with Gasteiger partial charge in [0.1, 0.15) is 15.8 Å². The molecule has 32 heavy (non-hydrogen) atoms. The molecule has 3 rings (SSSR count). The monoisotopic (exact) mass is 476 g/mol. The highest BCUT2D eigenvalue weighted by atomic mass is 32.2. The number of anilines is 1. The van der Waals surface area contributed by atoms with Gasteiger partial charge >= 0.3 is 0 Å². The van der Waals surface area contributed by atoms with E-state index in [-0.39, 0.29) is 17.6 Å². The molecule has 2 aromatic rings. The number of aryl methyl sites for hydroxylation is 1. The van der Waals surface area contributed by atoms with Crippen molar-refractivity contribution in [2.24, 2.45) is 0 Å². The molecule has 1 amide bonds. The molecular weight excluding hydrogens is 448 g/mol. The maximum atomic E-state index is 13.3. The van der Waals surface area contributed by atoms with Crippen LogP contribution in [0.15, 0.2) is 28.0 Å². The van der Waals surface area contributed by atoms with Crippen molar-refractivity contribution in [2.75, 3.05) is 38.7 Å². The maximum absolute atomic E-state index is 13.3. The first-order chi connectivity index (χ1) is 15.3. The molecule has 1 fully saturated rings. The van der Waals surface area contributed by atoms with Crippen molar-refractivity contribution in [1.82, 2.24) is 14.3 Å². The summed E-state index contributed by atoms with van der Waals surface area (Å²) in [6.45, 7) is 7.82. The first-order valence-electron chi connectivity index (χ1n) is 10.4. The quantitative estimate of drug-likeness (QED) is 0.318. The summed E-state index contributed by atoms with van der Waals surface area (Å²) in [7, 11) is 1.57. The van der Waals surface area contributed by atoms with Crippen molar-refractivity contribution in [2.45, 2.75) is 33.3 Å². The Hall–Kier alpha value is -2.27. The summed E-state index contributed by atoms with van der Waals surface area (Å²) in [6.07, 6.45) is 4.25. The summed E-state index contributed by atoms with van der Waals surface area (Å²) >= 11 is 6.53. The highest BCUT2D eigenvalue weighted by molar-refractivity contribution is 8.26. The van der Waals surface area contributed by atoms with Gasteiger partial charge in [-0.25, -0.2) is 4.98 Å². The second kappa shape index (κ2) is 11.0. The van der Waals surface area contributed by atoms with Gasteiger partial charge in [0.15, 0.2) is 0 Å². The standard InChI is InChI=1S/C22H28N4O4S2/c1-14(2)30-10-5-8-23-19-16(20(27)26-13-15(3)6-7-18(26)24-19)12-17-21(28)25(9-11-29-4)22(31)32-17/h6-7,12-14,23H,5,8-11H2,1-4H3/b17-12-. The molecule has 2 aromatic heterocycles. The van der Waals surface area contributed by atoms with Crippen LogP contribution in [-0.2, 0) is 14.3 Å². The van der Waals surface area contributed by atoms with Gasteiger partial charge in [0.2, 0.25) is 0 Å². The van der Waals surface area contributed by atoms with E-state index in [0.717, 1.165) is 12.0 Å². The van der Waals surface area contributed by atoms with Crippen LogP contribution in [0.3, 0.4) is 0 Å². The van der Waals surface area contributed by atoms with E-state index >= 15 is 0 Å². The van der Waals surface area contributed by atoms with Crippen LogP contribution in [0.2, 0.25) is 0 Å². The first-order valence-corrected chi connectivity index (χ1v) is 11.7. The second-order valence-electron chi connectivity index (χ2n) is 7.64. The average Bonchev–Trinajstić information content (AvgIpc) is 3.01. The Labute approximate surface area is 197 Å². The highest BCUT2D eigenvalue weighted by Crippen LogP contribution is 2.32. The third-order valence-corrected chi connectivity index (χ3v) is 6.12. The molecule has 0 radical (unpaired) electrons. The van der Waals surface area contributed by atoms with Crippen LogP contribution in [0.4, 0.5) is 5.82 Å². The second-order valence-corrected chi connectivity index (χ2v) is 9.32. The van der Waals surface area contributed by atoms with Gasteiger partial charge in [-0.05, 0) is 44.9 Å². The number of hydrogen-bond acceptors (Lipinski definition) is 8. The Bertz CT molecular complexity index is 1100. The number of nitrogens with zero attached hydrogens (tertiary/aromatic N) is 3. The minimum absolute atomic E-state index is 0.164. The Kier molecular flexibility index (Phi) is 8.41. The summed E-state index contributed by atoms with van der Waals surface area (Å²) in [4.78, 5) is 32.7. The van der Waals surface area contributed by atoms with Crippen molar-refractivity contribution in [3.05, 3.63) is 44.7 Å². The molecule has 8 nitrogen and oxygen atoms in total. The lowest BCUT2D eigenvalue weighted by Gasteiger charge is -2.13. The molecule has 1 saturated heterocycles. The van der Waals surface area contributed by atoms with Crippen molar-refractivity contribution in [3.8, 4) is 0 Å². The number of aromatic nitrogens is 2. The van der Waals surface area contributed by atoms with Crippen LogP contribution in [0, 0.1) is 6.92 Å². The van der Waals surface area contributed by atoms with E-state index in [1.165, 1.54) is 21.1 Å². The third kappa shape index (κ3) is 5.74. The number of fused-ring (bicyclic) bond motifs is 1. The molecular formula is C22H28N4O4S2. The fourth-order valence-electron chi connectivity index (χ4n) is 3.13. The SMILES string of the molecule is COCCN1C(=O)/C(=C/c2c(NCCCOC(C)C)nc3ccc(C)cn3c2=O)SC1=S. The lowest BCUT2D eigenvalue weighted by Crippen LogP contribution is -2.31. The fraction of sp³-hybridized carbons (Fsp3) is 0.455. The van der Waals surface area contributed by atoms with Crippen LogP contribution >= 0.6 is 24.0 Å². The van der Waals surface area contributed by atoms with Gasteiger partial charge in [0, 0.05) is 26.5 Å². The Morgan fingerprint density at radius 1 is 1.28 bits per heavy atom. The molecule has 10 heteroatoms. The number of carbonyl (C=O) groups excluding carboxylic acids is 1. The first kappa shape index (κ1) is 24.4. The largest absolute Gasteiger partial charge is 0.383 e. The van der Waals surface area contributed by atoms with Gasteiger partial charge in [-0.2, -0.15) is 0 Å². The van der Waals surface area contributed by atoms with E-state index < -0.39 is 0 Å². The molecule has 0 aromatic carbocycles. The molecule has 0 saturated carbocycles. The number of pyridine rings is 1. The molecule has 0 aliphatic carbocycles. The van der Waals surface area contributed by atoms with Crippen molar-refractivity contribution >= 4 is 51.7 Å². The van der Waals surface area contributed by atoms with Gasteiger partial charge in [-0.3, -0.25) is 18.9 Å². The summed E-state index contributed by atoms with van der Waals surface area (Å²) in [5.41, 5.74) is 1.54. The predicted octanol–water partition coefficient (Wildman–Crippen LogP) is 3.08. The zero-order chi connectivity index (χ0) is 23.3. The minimum atomic E-state index is -0.248. The van der Waals surface area contributed by atoms with Gasteiger partial charge in [0.05, 0.1) is 29.7 Å². The zero-order valence-corrected chi connectivity index (χ0v) is 20.3. The summed E-state index contributed by atoms with van der Waals surface area (Å²) in [6, 6.07) is 3.71. The molecule has 1 N–H and O–H groups in total. The normalized spacial score (nSPS) is 15.5. The number of hydrogen-bond donors (Lipinski definition) is 1. The predicted molar refractivity (Wildman–Crippen MR) is 132 cm³/mol. The molecule has 3 heterocycles. The van der Waals surface area contributed by atoms with E-state index in [1.807, 2.05) is 26.8 Å². The van der Waals surface area contributed by atoms with Gasteiger partial charge in [-0.15, -0.1) is 0 Å². The minimum Gasteiger partial charge on any atom is -0.383 e. The lowest BCUT2D eigenvalue weighted by molar-refractivity contribution is -0.122. The molecule has 1 aliphatic rings. The molecule has 0 spiro atoms. The van der Waals surface area contributed by atoms with E-state index in [4.69, 9.17) is 21.7 Å². The molecule has 0 atom stereocenters. The molecule has 0 bridgehead atoms. The number of rotatable bonds is 10. The Morgan fingerprint density at radius 3 is 2.78 bits per heavy atom. The summed E-state index contributed by atoms with van der Waals surface area (Å²) < 4.78 is 12.6. The van der Waals surface area contributed by atoms with E-state index in [2.05, 4.69) is 10.3 Å². The van der Waals surface area contributed by atoms with Crippen LogP contribution < -0.4 is 10.9 Å². The molecule has 0 unspecified atom stereocenters. The highest BCUT2D eigenvalue weighted by Gasteiger charge is 2.32. The number of carbonyl (C=O) groups is 1. The Morgan fingerprint density at radius 2 is 2.06 bits per heavy atom. The number of methoxy groups -OCH3 is 1. The fourth-order valence-corrected chi connectivity index (χ4v) is 4.42. The van der Waals surface area contributed by atoms with Crippen LogP contribution in [0.5, 0.6) is 0 Å².